The quantitative estimate of drug-likeness (QED) is 0.253. The Kier molecular flexibility index (Phi) is 7.07. The lowest BCUT2D eigenvalue weighted by atomic mass is 9.96. The van der Waals surface area contributed by atoms with Crippen molar-refractivity contribution in [3.63, 3.8) is 0 Å². The number of fused-ring (bicyclic) bond motifs is 1. The van der Waals surface area contributed by atoms with Crippen LogP contribution in [-0.4, -0.2) is 21.6 Å². The van der Waals surface area contributed by atoms with E-state index in [1.807, 2.05) is 0 Å². The van der Waals surface area contributed by atoms with Crippen molar-refractivity contribution in [3.05, 3.63) is 104 Å². The summed E-state index contributed by atoms with van der Waals surface area (Å²) in [6.07, 6.45) is 1.22. The van der Waals surface area contributed by atoms with E-state index in [-0.39, 0.29) is 22.9 Å². The number of nitrogens with zero attached hydrogens (tertiary/aromatic N) is 3. The molecule has 0 N–H and O–H groups in total. The fourth-order valence-electron chi connectivity index (χ4n) is 3.73. The number of carbonyl (C=O) groups is 1. The summed E-state index contributed by atoms with van der Waals surface area (Å²) < 4.78 is 7.59. The van der Waals surface area contributed by atoms with Crippen LogP contribution in [-0.2, 0) is 9.53 Å². The number of carbonyl (C=O) groups excluding carboxylic acids is 1. The fraction of sp³-hybridized carbons (Fsp3) is 0.208. The Hall–Kier alpha value is -3.08. The second-order valence-electron chi connectivity index (χ2n) is 8.06. The number of hydrogen-bond acceptors (Lipinski definition) is 7. The van der Waals surface area contributed by atoms with Gasteiger partial charge in [-0.05, 0) is 72.1 Å². The van der Waals surface area contributed by atoms with Crippen LogP contribution in [0, 0.1) is 10.1 Å². The summed E-state index contributed by atoms with van der Waals surface area (Å²) in [5, 5.41) is 11.8. The lowest BCUT2D eigenvalue weighted by Crippen LogP contribution is -2.40. The molecule has 0 spiro atoms. The summed E-state index contributed by atoms with van der Waals surface area (Å²) in [6.45, 7) is 5.20. The predicted octanol–water partition coefficient (Wildman–Crippen LogP) is 4.51. The van der Waals surface area contributed by atoms with Gasteiger partial charge in [-0.3, -0.25) is 19.5 Å². The van der Waals surface area contributed by atoms with Crippen LogP contribution >= 0.6 is 38.9 Å². The first kappa shape index (κ1) is 25.0. The number of thiazole rings is 1. The van der Waals surface area contributed by atoms with Gasteiger partial charge in [0, 0.05) is 11.1 Å². The maximum atomic E-state index is 13.6. The number of nitro benzene ring substituents is 1. The van der Waals surface area contributed by atoms with Crippen molar-refractivity contribution in [2.45, 2.75) is 32.9 Å². The van der Waals surface area contributed by atoms with Crippen molar-refractivity contribution in [1.29, 1.82) is 0 Å². The summed E-state index contributed by atoms with van der Waals surface area (Å²) in [6, 6.07) is 10.7. The highest BCUT2D eigenvalue weighted by Crippen LogP contribution is 2.31. The van der Waals surface area contributed by atoms with Gasteiger partial charge in [-0.2, -0.15) is 0 Å². The molecule has 0 saturated heterocycles. The molecule has 1 aliphatic heterocycles. The van der Waals surface area contributed by atoms with E-state index in [0.29, 0.717) is 35.7 Å². The van der Waals surface area contributed by atoms with E-state index < -0.39 is 16.9 Å². The lowest BCUT2D eigenvalue weighted by molar-refractivity contribution is -0.385. The number of benzene rings is 2. The highest BCUT2D eigenvalue weighted by molar-refractivity contribution is 9.10. The molecule has 1 atom stereocenters. The summed E-state index contributed by atoms with van der Waals surface area (Å²) in [7, 11) is 0. The molecule has 0 radical (unpaired) electrons. The molecule has 1 aliphatic rings. The molecule has 1 aromatic heterocycles. The van der Waals surface area contributed by atoms with Crippen molar-refractivity contribution >= 4 is 56.6 Å². The van der Waals surface area contributed by atoms with Gasteiger partial charge in [0.05, 0.1) is 37.3 Å². The number of esters is 1. The van der Waals surface area contributed by atoms with Gasteiger partial charge in [0.15, 0.2) is 4.80 Å². The topological polar surface area (TPSA) is 104 Å². The lowest BCUT2D eigenvalue weighted by Gasteiger charge is -2.25. The van der Waals surface area contributed by atoms with Gasteiger partial charge in [-0.25, -0.2) is 9.79 Å². The number of hydrogen-bond donors (Lipinski definition) is 0. The Morgan fingerprint density at radius 3 is 2.60 bits per heavy atom. The second-order valence-corrected chi connectivity index (χ2v) is 10.4. The summed E-state index contributed by atoms with van der Waals surface area (Å²) in [5.74, 6) is -0.556. The van der Waals surface area contributed by atoms with Gasteiger partial charge in [-0.15, -0.1) is 0 Å². The molecule has 4 rings (SSSR count). The van der Waals surface area contributed by atoms with E-state index in [0.717, 1.165) is 11.3 Å². The smallest absolute Gasteiger partial charge is 0.338 e. The molecule has 11 heteroatoms. The predicted molar refractivity (Wildman–Crippen MR) is 137 cm³/mol. The molecule has 8 nitrogen and oxygen atoms in total. The molecule has 2 heterocycles. The van der Waals surface area contributed by atoms with Crippen molar-refractivity contribution in [3.8, 4) is 0 Å². The summed E-state index contributed by atoms with van der Waals surface area (Å²) >= 11 is 10.4. The first-order valence-corrected chi connectivity index (χ1v) is 12.5. The van der Waals surface area contributed by atoms with Gasteiger partial charge >= 0.3 is 5.97 Å². The average Bonchev–Trinajstić information content (AvgIpc) is 3.08. The molecule has 0 fully saturated rings. The minimum atomic E-state index is -0.767. The zero-order valence-corrected chi connectivity index (χ0v) is 22.0. The van der Waals surface area contributed by atoms with Crippen molar-refractivity contribution in [2.24, 2.45) is 4.99 Å². The monoisotopic (exact) mass is 575 g/mol. The Morgan fingerprint density at radius 1 is 1.29 bits per heavy atom. The van der Waals surface area contributed by atoms with Gasteiger partial charge in [0.2, 0.25) is 0 Å². The highest BCUT2D eigenvalue weighted by atomic mass is 79.9. The van der Waals surface area contributed by atoms with Crippen LogP contribution in [0.5, 0.6) is 0 Å². The molecular formula is C24H19BrClN3O5S. The van der Waals surface area contributed by atoms with E-state index >= 15 is 0 Å². The van der Waals surface area contributed by atoms with Gasteiger partial charge in [-0.1, -0.05) is 41.1 Å². The largest absolute Gasteiger partial charge is 0.459 e. The van der Waals surface area contributed by atoms with Crippen molar-refractivity contribution in [1.82, 2.24) is 4.57 Å². The number of aromatic nitrogens is 1. The maximum absolute atomic E-state index is 13.6. The highest BCUT2D eigenvalue weighted by Gasteiger charge is 2.33. The third-order valence-corrected chi connectivity index (χ3v) is 7.14. The zero-order valence-electron chi connectivity index (χ0n) is 18.8. The fourth-order valence-corrected chi connectivity index (χ4v) is 5.30. The van der Waals surface area contributed by atoms with Crippen LogP contribution in [0.2, 0.25) is 5.02 Å². The normalized spacial score (nSPS) is 15.7. The standard InChI is InChI=1S/C24H19BrClN3O5S/c1-12(2)34-23(31)20-13(3)27-24-28(21(20)15-5-7-16(26)8-6-15)22(30)19(35-24)11-14-4-9-17(25)18(10-14)29(32)33/h4-12,21H,1-3H3. The minimum absolute atomic E-state index is 0.111. The Bertz CT molecular complexity index is 1560. The van der Waals surface area contributed by atoms with Crippen LogP contribution in [0.3, 0.4) is 0 Å². The Labute approximate surface area is 217 Å². The Balaban J connectivity index is 1.93. The van der Waals surface area contributed by atoms with E-state index in [9.17, 15) is 19.7 Å². The van der Waals surface area contributed by atoms with Crippen LogP contribution in [0.15, 0.2) is 68.0 Å². The van der Waals surface area contributed by atoms with Gasteiger partial charge in [0.1, 0.15) is 0 Å². The Morgan fingerprint density at radius 2 is 1.97 bits per heavy atom. The zero-order chi connectivity index (χ0) is 25.4. The van der Waals surface area contributed by atoms with Gasteiger partial charge < -0.3 is 4.74 Å². The molecule has 2 aromatic carbocycles. The van der Waals surface area contributed by atoms with Crippen LogP contribution in [0.1, 0.15) is 37.9 Å². The average molecular weight is 577 g/mol. The SMILES string of the molecule is CC1=C(C(=O)OC(C)C)C(c2ccc(Cl)cc2)n2c(sc(=Cc3ccc(Br)c([N+](=O)[O-])c3)c2=O)=N1. The third kappa shape index (κ3) is 5.00. The summed E-state index contributed by atoms with van der Waals surface area (Å²) in [4.78, 5) is 42.4. The van der Waals surface area contributed by atoms with E-state index in [1.54, 1.807) is 63.2 Å². The molecule has 0 saturated carbocycles. The van der Waals surface area contributed by atoms with E-state index in [2.05, 4.69) is 20.9 Å². The molecule has 0 amide bonds. The number of halogens is 2. The minimum Gasteiger partial charge on any atom is -0.459 e. The maximum Gasteiger partial charge on any atom is 0.338 e. The third-order valence-electron chi connectivity index (χ3n) is 5.23. The van der Waals surface area contributed by atoms with Crippen LogP contribution in [0.25, 0.3) is 6.08 Å². The van der Waals surface area contributed by atoms with E-state index in [1.165, 1.54) is 10.6 Å². The van der Waals surface area contributed by atoms with Crippen LogP contribution < -0.4 is 14.9 Å². The first-order valence-electron chi connectivity index (χ1n) is 10.5. The number of rotatable bonds is 5. The molecule has 35 heavy (non-hydrogen) atoms. The number of nitro groups is 1. The molecule has 180 valence electrons. The van der Waals surface area contributed by atoms with Gasteiger partial charge in [0.25, 0.3) is 11.2 Å². The molecule has 3 aromatic rings. The molecule has 1 unspecified atom stereocenters. The van der Waals surface area contributed by atoms with Crippen molar-refractivity contribution < 1.29 is 14.5 Å². The first-order chi connectivity index (χ1) is 16.6. The summed E-state index contributed by atoms with van der Waals surface area (Å²) in [5.41, 5.74) is 1.39. The molecule has 0 aliphatic carbocycles. The van der Waals surface area contributed by atoms with Crippen molar-refractivity contribution in [2.75, 3.05) is 0 Å². The molecule has 0 bridgehead atoms. The molecular weight excluding hydrogens is 558 g/mol. The van der Waals surface area contributed by atoms with E-state index in [4.69, 9.17) is 16.3 Å². The number of allylic oxidation sites excluding steroid dienone is 1. The number of ether oxygens (including phenoxy) is 1. The second kappa shape index (κ2) is 9.88. The van der Waals surface area contributed by atoms with Crippen LogP contribution in [0.4, 0.5) is 5.69 Å².